The lowest BCUT2D eigenvalue weighted by Gasteiger charge is -2.10. The summed E-state index contributed by atoms with van der Waals surface area (Å²) in [5, 5.41) is 7.06. The van der Waals surface area contributed by atoms with Crippen molar-refractivity contribution in [2.75, 3.05) is 13.1 Å². The third kappa shape index (κ3) is 5.82. The van der Waals surface area contributed by atoms with Gasteiger partial charge >= 0.3 is 0 Å². The molecular formula is C21H24ClN5O. The van der Waals surface area contributed by atoms with Gasteiger partial charge in [0.1, 0.15) is 17.1 Å². The van der Waals surface area contributed by atoms with Crippen molar-refractivity contribution in [2.24, 2.45) is 4.99 Å². The van der Waals surface area contributed by atoms with Gasteiger partial charge in [0.15, 0.2) is 5.96 Å². The molecule has 2 aromatic heterocycles. The largest absolute Gasteiger partial charge is 0.444 e. The molecule has 2 N–H and O–H groups in total. The molecule has 0 bridgehead atoms. The molecule has 6 nitrogen and oxygen atoms in total. The van der Waals surface area contributed by atoms with E-state index in [1.54, 1.807) is 18.5 Å². The van der Waals surface area contributed by atoms with Crippen LogP contribution in [0.5, 0.6) is 0 Å². The van der Waals surface area contributed by atoms with E-state index in [1.165, 1.54) is 5.56 Å². The van der Waals surface area contributed by atoms with Crippen LogP contribution in [-0.4, -0.2) is 29.0 Å². The maximum absolute atomic E-state index is 5.82. The van der Waals surface area contributed by atoms with E-state index in [9.17, 15) is 0 Å². The number of hydrogen-bond acceptors (Lipinski definition) is 4. The van der Waals surface area contributed by atoms with Crippen LogP contribution in [-0.2, 0) is 13.0 Å². The number of nitrogens with zero attached hydrogens (tertiary/aromatic N) is 3. The van der Waals surface area contributed by atoms with Crippen LogP contribution in [0.3, 0.4) is 0 Å². The highest BCUT2D eigenvalue weighted by Crippen LogP contribution is 2.19. The van der Waals surface area contributed by atoms with Crippen molar-refractivity contribution in [3.63, 3.8) is 0 Å². The standard InChI is InChI=1S/C21H24ClN5O/c1-3-23-21(24-11-10-16-6-9-19(22)25-12-16)26-13-18-14-28-20(27-18)17-7-4-15(2)5-8-17/h4-9,12,14H,3,10-11,13H2,1-2H3,(H2,23,24,26). The summed E-state index contributed by atoms with van der Waals surface area (Å²) in [6, 6.07) is 11.9. The van der Waals surface area contributed by atoms with Gasteiger partial charge in [0.05, 0.1) is 6.54 Å². The Morgan fingerprint density at radius 3 is 2.68 bits per heavy atom. The molecular weight excluding hydrogens is 374 g/mol. The quantitative estimate of drug-likeness (QED) is 0.358. The molecule has 146 valence electrons. The zero-order chi connectivity index (χ0) is 19.8. The Hall–Kier alpha value is -2.86. The number of aryl methyl sites for hydroxylation is 1. The Labute approximate surface area is 170 Å². The molecule has 0 amide bonds. The van der Waals surface area contributed by atoms with Crippen LogP contribution >= 0.6 is 11.6 Å². The molecule has 0 saturated carbocycles. The minimum absolute atomic E-state index is 0.438. The molecule has 28 heavy (non-hydrogen) atoms. The first-order chi connectivity index (χ1) is 13.6. The molecule has 3 rings (SSSR count). The number of aliphatic imine (C=N–C) groups is 1. The van der Waals surface area contributed by atoms with E-state index in [2.05, 4.69) is 32.5 Å². The normalized spacial score (nSPS) is 11.5. The van der Waals surface area contributed by atoms with Gasteiger partial charge in [-0.2, -0.15) is 0 Å². The van der Waals surface area contributed by atoms with Crippen molar-refractivity contribution < 1.29 is 4.42 Å². The van der Waals surface area contributed by atoms with E-state index in [0.717, 1.165) is 42.3 Å². The van der Waals surface area contributed by atoms with Crippen LogP contribution in [0.2, 0.25) is 5.15 Å². The highest BCUT2D eigenvalue weighted by Gasteiger charge is 2.07. The number of nitrogens with one attached hydrogen (secondary N) is 2. The first-order valence-corrected chi connectivity index (χ1v) is 9.66. The summed E-state index contributed by atoms with van der Waals surface area (Å²) in [4.78, 5) is 13.2. The van der Waals surface area contributed by atoms with Crippen LogP contribution in [0.15, 0.2) is 58.3 Å². The average molecular weight is 398 g/mol. The van der Waals surface area contributed by atoms with E-state index < -0.39 is 0 Å². The van der Waals surface area contributed by atoms with Crippen molar-refractivity contribution in [1.29, 1.82) is 0 Å². The topological polar surface area (TPSA) is 75.3 Å². The van der Waals surface area contributed by atoms with Crippen LogP contribution in [0, 0.1) is 6.92 Å². The average Bonchev–Trinajstić information content (AvgIpc) is 3.17. The van der Waals surface area contributed by atoms with E-state index in [1.807, 2.05) is 37.3 Å². The smallest absolute Gasteiger partial charge is 0.226 e. The van der Waals surface area contributed by atoms with Crippen LogP contribution in [0.25, 0.3) is 11.5 Å². The first-order valence-electron chi connectivity index (χ1n) is 9.28. The predicted molar refractivity (Wildman–Crippen MR) is 112 cm³/mol. The minimum Gasteiger partial charge on any atom is -0.444 e. The Bertz CT molecular complexity index is 903. The summed E-state index contributed by atoms with van der Waals surface area (Å²) in [5.41, 5.74) is 4.07. The third-order valence-corrected chi connectivity index (χ3v) is 4.31. The van der Waals surface area contributed by atoms with Crippen LogP contribution < -0.4 is 10.6 Å². The summed E-state index contributed by atoms with van der Waals surface area (Å²) in [5.74, 6) is 1.35. The number of guanidine groups is 1. The number of oxazole rings is 1. The summed E-state index contributed by atoms with van der Waals surface area (Å²) >= 11 is 5.82. The second-order valence-electron chi connectivity index (χ2n) is 6.37. The second kappa shape index (κ2) is 9.90. The van der Waals surface area contributed by atoms with E-state index >= 15 is 0 Å². The predicted octanol–water partition coefficient (Wildman–Crippen LogP) is 4.00. The molecule has 0 radical (unpaired) electrons. The number of rotatable bonds is 7. The Balaban J connectivity index is 1.56. The second-order valence-corrected chi connectivity index (χ2v) is 6.76. The van der Waals surface area contributed by atoms with E-state index in [4.69, 9.17) is 16.0 Å². The van der Waals surface area contributed by atoms with Gasteiger partial charge in [0.25, 0.3) is 0 Å². The van der Waals surface area contributed by atoms with Gasteiger partial charge in [-0.25, -0.2) is 15.0 Å². The lowest BCUT2D eigenvalue weighted by atomic mass is 10.1. The van der Waals surface area contributed by atoms with Gasteiger partial charge in [-0.1, -0.05) is 35.4 Å². The molecule has 3 aromatic rings. The fraction of sp³-hybridized carbons (Fsp3) is 0.286. The lowest BCUT2D eigenvalue weighted by Crippen LogP contribution is -2.38. The molecule has 0 spiro atoms. The summed E-state index contributed by atoms with van der Waals surface area (Å²) in [6.45, 7) is 6.04. The molecule has 1 aromatic carbocycles. The van der Waals surface area contributed by atoms with Gasteiger partial charge in [-0.15, -0.1) is 0 Å². The van der Waals surface area contributed by atoms with Crippen molar-refractivity contribution in [3.05, 3.63) is 70.8 Å². The summed E-state index contributed by atoms with van der Waals surface area (Å²) in [6.07, 6.45) is 4.27. The van der Waals surface area contributed by atoms with E-state index in [-0.39, 0.29) is 0 Å². The fourth-order valence-corrected chi connectivity index (χ4v) is 2.70. The minimum atomic E-state index is 0.438. The number of benzene rings is 1. The Morgan fingerprint density at radius 2 is 1.96 bits per heavy atom. The van der Waals surface area contributed by atoms with Crippen molar-refractivity contribution in [1.82, 2.24) is 20.6 Å². The summed E-state index contributed by atoms with van der Waals surface area (Å²) < 4.78 is 5.59. The maximum atomic E-state index is 5.82. The molecule has 0 atom stereocenters. The monoisotopic (exact) mass is 397 g/mol. The molecule has 2 heterocycles. The molecule has 0 aliphatic heterocycles. The maximum Gasteiger partial charge on any atom is 0.226 e. The molecule has 0 unspecified atom stereocenters. The number of halogens is 1. The van der Waals surface area contributed by atoms with Crippen LogP contribution in [0.1, 0.15) is 23.7 Å². The third-order valence-electron chi connectivity index (χ3n) is 4.09. The van der Waals surface area contributed by atoms with Crippen molar-refractivity contribution >= 4 is 17.6 Å². The van der Waals surface area contributed by atoms with Gasteiger partial charge in [-0.05, 0) is 44.0 Å². The van der Waals surface area contributed by atoms with Gasteiger partial charge in [0, 0.05) is 24.8 Å². The highest BCUT2D eigenvalue weighted by atomic mass is 35.5. The van der Waals surface area contributed by atoms with Crippen molar-refractivity contribution in [3.8, 4) is 11.5 Å². The zero-order valence-electron chi connectivity index (χ0n) is 16.1. The molecule has 7 heteroatoms. The number of pyridine rings is 1. The first kappa shape index (κ1) is 19.9. The van der Waals surface area contributed by atoms with Crippen molar-refractivity contribution in [2.45, 2.75) is 26.8 Å². The lowest BCUT2D eigenvalue weighted by molar-refractivity contribution is 0.572. The molecule has 0 aliphatic rings. The summed E-state index contributed by atoms with van der Waals surface area (Å²) in [7, 11) is 0. The number of aromatic nitrogens is 2. The molecule has 0 aliphatic carbocycles. The zero-order valence-corrected chi connectivity index (χ0v) is 16.8. The Kier molecular flexibility index (Phi) is 7.03. The van der Waals surface area contributed by atoms with Gasteiger partial charge in [-0.3, -0.25) is 0 Å². The number of hydrogen-bond donors (Lipinski definition) is 2. The Morgan fingerprint density at radius 1 is 1.14 bits per heavy atom. The molecule has 0 saturated heterocycles. The van der Waals surface area contributed by atoms with Gasteiger partial charge in [0.2, 0.25) is 5.89 Å². The highest BCUT2D eigenvalue weighted by molar-refractivity contribution is 6.29. The van der Waals surface area contributed by atoms with Gasteiger partial charge < -0.3 is 15.1 Å². The fourth-order valence-electron chi connectivity index (χ4n) is 2.59. The SMILES string of the molecule is CCNC(=NCc1coc(-c2ccc(C)cc2)n1)NCCc1ccc(Cl)nc1. The van der Waals surface area contributed by atoms with E-state index in [0.29, 0.717) is 17.6 Å². The van der Waals surface area contributed by atoms with Crippen LogP contribution in [0.4, 0.5) is 0 Å². The molecule has 0 fully saturated rings.